The number of nitrogen functional groups attached to an aromatic ring is 1. The summed E-state index contributed by atoms with van der Waals surface area (Å²) >= 11 is 0. The van der Waals surface area contributed by atoms with Gasteiger partial charge >= 0.3 is 5.97 Å². The Morgan fingerprint density at radius 1 is 1.11 bits per heavy atom. The molecule has 7 nitrogen and oxygen atoms in total. The molecule has 2 amide bonds. The van der Waals surface area contributed by atoms with Gasteiger partial charge in [-0.15, -0.1) is 0 Å². The molecule has 1 aromatic carbocycles. The fraction of sp³-hybridized carbons (Fsp3) is 0.250. The zero-order chi connectivity index (χ0) is 14.3. The molecule has 0 bridgehead atoms. The molecule has 0 saturated carbocycles. The number of carbonyl (C=O) groups is 3. The molecule has 0 unspecified atom stereocenters. The number of nitrogens with one attached hydrogen (secondary N) is 2. The Hall–Kier alpha value is -2.41. The summed E-state index contributed by atoms with van der Waals surface area (Å²) in [5, 5.41) is 11.0. The van der Waals surface area contributed by atoms with Gasteiger partial charge in [-0.25, -0.2) is 5.84 Å². The summed E-state index contributed by atoms with van der Waals surface area (Å²) in [5.74, 6) is 3.27. The lowest BCUT2D eigenvalue weighted by molar-refractivity contribution is -0.138. The van der Waals surface area contributed by atoms with Crippen molar-refractivity contribution in [2.45, 2.75) is 19.4 Å². The van der Waals surface area contributed by atoms with E-state index in [0.29, 0.717) is 5.56 Å². The maximum absolute atomic E-state index is 11.3. The van der Waals surface area contributed by atoms with Crippen LogP contribution >= 0.6 is 0 Å². The number of benzene rings is 1. The van der Waals surface area contributed by atoms with Crippen LogP contribution in [0, 0.1) is 0 Å². The lowest BCUT2D eigenvalue weighted by Crippen LogP contribution is -2.30. The molecule has 0 radical (unpaired) electrons. The molecule has 0 fully saturated rings. The third-order valence-electron chi connectivity index (χ3n) is 2.40. The summed E-state index contributed by atoms with van der Waals surface area (Å²) in [7, 11) is 0. The standard InChI is InChI=1S/C12H15N3O4/c13-15-12(19)9-3-1-8(2-4-9)7-14-10(16)5-6-11(17)18/h1-4H,5-7,13H2,(H,14,16)(H,15,19)(H,17,18). The van der Waals surface area contributed by atoms with Gasteiger partial charge in [0.2, 0.25) is 5.91 Å². The molecule has 0 atom stereocenters. The molecule has 0 aliphatic carbocycles. The number of hydrogen-bond acceptors (Lipinski definition) is 4. The van der Waals surface area contributed by atoms with Crippen LogP contribution in [0.15, 0.2) is 24.3 Å². The van der Waals surface area contributed by atoms with Crippen LogP contribution in [0.3, 0.4) is 0 Å². The molecule has 0 aliphatic rings. The quantitative estimate of drug-likeness (QED) is 0.321. The van der Waals surface area contributed by atoms with Crippen molar-refractivity contribution in [3.63, 3.8) is 0 Å². The number of rotatable bonds is 6. The Balaban J connectivity index is 2.43. The van der Waals surface area contributed by atoms with E-state index < -0.39 is 11.9 Å². The van der Waals surface area contributed by atoms with Gasteiger partial charge in [-0.2, -0.15) is 0 Å². The van der Waals surface area contributed by atoms with Crippen molar-refractivity contribution in [2.24, 2.45) is 5.84 Å². The Bertz CT molecular complexity index is 470. The minimum atomic E-state index is -1.01. The first-order chi connectivity index (χ1) is 9.02. The topological polar surface area (TPSA) is 122 Å². The molecule has 102 valence electrons. The maximum atomic E-state index is 11.3. The number of carbonyl (C=O) groups excluding carboxylic acids is 2. The van der Waals surface area contributed by atoms with Crippen LogP contribution in [0.4, 0.5) is 0 Å². The molecule has 5 N–H and O–H groups in total. The van der Waals surface area contributed by atoms with E-state index in [0.717, 1.165) is 5.56 Å². The van der Waals surface area contributed by atoms with Crippen molar-refractivity contribution in [3.05, 3.63) is 35.4 Å². The number of hydrogen-bond donors (Lipinski definition) is 4. The predicted octanol–water partition coefficient (Wildman–Crippen LogP) is -0.229. The predicted molar refractivity (Wildman–Crippen MR) is 66.8 cm³/mol. The number of amides is 2. The van der Waals surface area contributed by atoms with Gasteiger partial charge in [0, 0.05) is 18.5 Å². The number of hydrazine groups is 1. The SMILES string of the molecule is NNC(=O)c1ccc(CNC(=O)CCC(=O)O)cc1. The van der Waals surface area contributed by atoms with Crippen molar-refractivity contribution in [2.75, 3.05) is 0 Å². The van der Waals surface area contributed by atoms with Crippen molar-refractivity contribution >= 4 is 17.8 Å². The Labute approximate surface area is 109 Å². The molecular weight excluding hydrogens is 250 g/mol. The third kappa shape index (κ3) is 5.17. The average molecular weight is 265 g/mol. The van der Waals surface area contributed by atoms with Crippen molar-refractivity contribution in [3.8, 4) is 0 Å². The lowest BCUT2D eigenvalue weighted by Gasteiger charge is -2.05. The fourth-order valence-electron chi connectivity index (χ4n) is 1.37. The molecule has 0 aliphatic heterocycles. The second-order valence-electron chi connectivity index (χ2n) is 3.84. The second-order valence-corrected chi connectivity index (χ2v) is 3.84. The van der Waals surface area contributed by atoms with Crippen LogP contribution in [-0.2, 0) is 16.1 Å². The molecular formula is C12H15N3O4. The van der Waals surface area contributed by atoms with E-state index in [1.165, 1.54) is 0 Å². The van der Waals surface area contributed by atoms with Gasteiger partial charge in [-0.3, -0.25) is 19.8 Å². The van der Waals surface area contributed by atoms with E-state index in [1.54, 1.807) is 24.3 Å². The highest BCUT2D eigenvalue weighted by molar-refractivity contribution is 5.93. The van der Waals surface area contributed by atoms with Crippen LogP contribution in [0.5, 0.6) is 0 Å². The van der Waals surface area contributed by atoms with Crippen LogP contribution in [-0.4, -0.2) is 22.9 Å². The Kier molecular flexibility index (Phi) is 5.49. The molecule has 0 aromatic heterocycles. The summed E-state index contributed by atoms with van der Waals surface area (Å²) in [6.07, 6.45) is -0.246. The normalized spacial score (nSPS) is 9.74. The highest BCUT2D eigenvalue weighted by Gasteiger charge is 2.06. The third-order valence-corrected chi connectivity index (χ3v) is 2.40. The number of carboxylic acid groups (broad SMARTS) is 1. The molecule has 0 saturated heterocycles. The average Bonchev–Trinajstić information content (AvgIpc) is 2.42. The number of nitrogens with two attached hydrogens (primary N) is 1. The first-order valence-corrected chi connectivity index (χ1v) is 5.61. The monoisotopic (exact) mass is 265 g/mol. The molecule has 19 heavy (non-hydrogen) atoms. The number of carboxylic acids is 1. The summed E-state index contributed by atoms with van der Waals surface area (Å²) in [4.78, 5) is 32.7. The van der Waals surface area contributed by atoms with E-state index in [2.05, 4.69) is 5.32 Å². The lowest BCUT2D eigenvalue weighted by atomic mass is 10.1. The molecule has 1 aromatic rings. The minimum absolute atomic E-state index is 0.0526. The van der Waals surface area contributed by atoms with E-state index >= 15 is 0 Å². The molecule has 0 heterocycles. The van der Waals surface area contributed by atoms with Gasteiger partial charge in [-0.1, -0.05) is 12.1 Å². The summed E-state index contributed by atoms with van der Waals surface area (Å²) in [6.45, 7) is 0.281. The van der Waals surface area contributed by atoms with Crippen molar-refractivity contribution < 1.29 is 19.5 Å². The zero-order valence-electron chi connectivity index (χ0n) is 10.2. The summed E-state index contributed by atoms with van der Waals surface area (Å²) in [6, 6.07) is 6.53. The summed E-state index contributed by atoms with van der Waals surface area (Å²) < 4.78 is 0. The second kappa shape index (κ2) is 7.12. The van der Waals surface area contributed by atoms with Gasteiger partial charge in [0.1, 0.15) is 0 Å². The van der Waals surface area contributed by atoms with Crippen LogP contribution in [0.2, 0.25) is 0 Å². The minimum Gasteiger partial charge on any atom is -0.481 e. The van der Waals surface area contributed by atoms with Crippen LogP contribution < -0.4 is 16.6 Å². The van der Waals surface area contributed by atoms with E-state index in [-0.39, 0.29) is 25.3 Å². The van der Waals surface area contributed by atoms with Gasteiger partial charge in [0.05, 0.1) is 6.42 Å². The highest BCUT2D eigenvalue weighted by Crippen LogP contribution is 2.04. The molecule has 0 spiro atoms. The van der Waals surface area contributed by atoms with E-state index in [4.69, 9.17) is 10.9 Å². The van der Waals surface area contributed by atoms with Crippen molar-refractivity contribution in [1.82, 2.24) is 10.7 Å². The zero-order valence-corrected chi connectivity index (χ0v) is 10.2. The largest absolute Gasteiger partial charge is 0.481 e. The Morgan fingerprint density at radius 2 is 1.74 bits per heavy atom. The van der Waals surface area contributed by atoms with Gasteiger partial charge in [0.25, 0.3) is 5.91 Å². The highest BCUT2D eigenvalue weighted by atomic mass is 16.4. The van der Waals surface area contributed by atoms with Gasteiger partial charge in [0.15, 0.2) is 0 Å². The summed E-state index contributed by atoms with van der Waals surface area (Å²) in [5.41, 5.74) is 3.24. The molecule has 7 heteroatoms. The fourth-order valence-corrected chi connectivity index (χ4v) is 1.37. The van der Waals surface area contributed by atoms with Gasteiger partial charge < -0.3 is 10.4 Å². The molecule has 1 rings (SSSR count). The first kappa shape index (κ1) is 14.7. The van der Waals surface area contributed by atoms with E-state index in [9.17, 15) is 14.4 Å². The number of aliphatic carboxylic acids is 1. The van der Waals surface area contributed by atoms with Crippen molar-refractivity contribution in [1.29, 1.82) is 0 Å². The maximum Gasteiger partial charge on any atom is 0.303 e. The van der Waals surface area contributed by atoms with E-state index in [1.807, 2.05) is 5.43 Å². The first-order valence-electron chi connectivity index (χ1n) is 5.61. The Morgan fingerprint density at radius 3 is 2.26 bits per heavy atom. The van der Waals surface area contributed by atoms with Crippen LogP contribution in [0.25, 0.3) is 0 Å². The van der Waals surface area contributed by atoms with Gasteiger partial charge in [-0.05, 0) is 17.7 Å². The van der Waals surface area contributed by atoms with Crippen LogP contribution in [0.1, 0.15) is 28.8 Å². The smallest absolute Gasteiger partial charge is 0.303 e.